The number of hydrogen-bond donors (Lipinski definition) is 0. The van der Waals surface area contributed by atoms with E-state index in [9.17, 15) is 4.79 Å². The maximum atomic E-state index is 11.9. The Hall–Kier alpha value is -2.35. The van der Waals surface area contributed by atoms with Crippen molar-refractivity contribution in [3.63, 3.8) is 0 Å². The van der Waals surface area contributed by atoms with Gasteiger partial charge in [0.05, 0.1) is 26.3 Å². The minimum absolute atomic E-state index is 0.403. The molecule has 0 atom stereocenters. The third-order valence-corrected chi connectivity index (χ3v) is 3.89. The summed E-state index contributed by atoms with van der Waals surface area (Å²) in [6.07, 6.45) is 1.71. The number of benzene rings is 1. The van der Waals surface area contributed by atoms with E-state index in [0.717, 1.165) is 5.56 Å². The molecule has 8 heteroatoms. The fourth-order valence-corrected chi connectivity index (χ4v) is 2.81. The number of nitrogens with zero attached hydrogens (tertiary/aromatic N) is 4. The fourth-order valence-electron chi connectivity index (χ4n) is 1.88. The molecule has 0 spiro atoms. The lowest BCUT2D eigenvalue weighted by Gasteiger charge is -2.12. The molecule has 0 fully saturated rings. The van der Waals surface area contributed by atoms with Gasteiger partial charge in [-0.3, -0.25) is 0 Å². The molecule has 0 radical (unpaired) electrons. The number of thioether (sulfide) groups is 1. The van der Waals surface area contributed by atoms with Crippen LogP contribution in [0.2, 0.25) is 0 Å². The Morgan fingerprint density at radius 1 is 1.45 bits per heavy atom. The van der Waals surface area contributed by atoms with Crippen molar-refractivity contribution in [2.45, 2.75) is 17.5 Å². The van der Waals surface area contributed by atoms with Crippen LogP contribution >= 0.6 is 11.8 Å². The van der Waals surface area contributed by atoms with Gasteiger partial charge in [-0.25, -0.2) is 9.48 Å². The maximum absolute atomic E-state index is 11.9. The third kappa shape index (κ3) is 3.45. The molecule has 0 N–H and O–H groups in total. The normalized spacial score (nSPS) is 10.3. The van der Waals surface area contributed by atoms with E-state index in [-0.39, 0.29) is 0 Å². The molecule has 7 nitrogen and oxygen atoms in total. The highest BCUT2D eigenvalue weighted by Gasteiger charge is 2.17. The highest BCUT2D eigenvalue weighted by Crippen LogP contribution is 2.29. The summed E-state index contributed by atoms with van der Waals surface area (Å²) in [5.74, 6) is 0.699. The number of allylic oxidation sites excluding steroid dienone is 1. The van der Waals surface area contributed by atoms with Crippen molar-refractivity contribution in [2.75, 3.05) is 14.2 Å². The number of esters is 1. The lowest BCUT2D eigenvalue weighted by Crippen LogP contribution is -2.07. The molecule has 0 aliphatic heterocycles. The molecule has 22 heavy (non-hydrogen) atoms. The van der Waals surface area contributed by atoms with Crippen LogP contribution in [0, 0.1) is 0 Å². The Kier molecular flexibility index (Phi) is 5.54. The molecule has 2 rings (SSSR count). The topological polar surface area (TPSA) is 79.1 Å². The summed E-state index contributed by atoms with van der Waals surface area (Å²) in [5.41, 5.74) is 1.21. The highest BCUT2D eigenvalue weighted by atomic mass is 32.2. The summed E-state index contributed by atoms with van der Waals surface area (Å²) in [4.78, 5) is 11.9. The summed E-state index contributed by atoms with van der Waals surface area (Å²) in [6.45, 7) is 4.18. The van der Waals surface area contributed by atoms with Crippen LogP contribution < -0.4 is 4.74 Å². The van der Waals surface area contributed by atoms with Gasteiger partial charge in [0.15, 0.2) is 0 Å². The Morgan fingerprint density at radius 2 is 2.27 bits per heavy atom. The lowest BCUT2D eigenvalue weighted by molar-refractivity contribution is 0.0599. The van der Waals surface area contributed by atoms with Crippen LogP contribution in [0.5, 0.6) is 5.75 Å². The van der Waals surface area contributed by atoms with Gasteiger partial charge in [-0.15, -0.1) is 11.7 Å². The van der Waals surface area contributed by atoms with E-state index >= 15 is 0 Å². The van der Waals surface area contributed by atoms with Gasteiger partial charge < -0.3 is 9.47 Å². The molecule has 0 unspecified atom stereocenters. The first-order valence-corrected chi connectivity index (χ1v) is 7.43. The first-order valence-electron chi connectivity index (χ1n) is 6.45. The minimum Gasteiger partial charge on any atom is -0.496 e. The number of hydrogen-bond acceptors (Lipinski definition) is 7. The quantitative estimate of drug-likeness (QED) is 0.438. The monoisotopic (exact) mass is 320 g/mol. The number of methoxy groups -OCH3 is 2. The van der Waals surface area contributed by atoms with Crippen molar-refractivity contribution in [1.82, 2.24) is 20.2 Å². The van der Waals surface area contributed by atoms with E-state index in [1.165, 1.54) is 18.9 Å². The SMILES string of the molecule is C=CCn1nnnc1SCc1c(OC)cccc1C(=O)OC. The summed E-state index contributed by atoms with van der Waals surface area (Å²) in [5, 5.41) is 12.1. The molecular formula is C14H16N4O3S. The lowest BCUT2D eigenvalue weighted by atomic mass is 10.1. The van der Waals surface area contributed by atoms with E-state index in [4.69, 9.17) is 9.47 Å². The Morgan fingerprint density at radius 3 is 2.95 bits per heavy atom. The molecule has 1 aromatic heterocycles. The van der Waals surface area contributed by atoms with Crippen LogP contribution in [0.1, 0.15) is 15.9 Å². The van der Waals surface area contributed by atoms with Gasteiger partial charge >= 0.3 is 5.97 Å². The minimum atomic E-state index is -0.403. The van der Waals surface area contributed by atoms with Gasteiger partial charge in [0, 0.05) is 11.3 Å². The van der Waals surface area contributed by atoms with Crippen LogP contribution in [0.15, 0.2) is 36.0 Å². The van der Waals surface area contributed by atoms with Crippen molar-refractivity contribution in [3.05, 3.63) is 42.0 Å². The molecule has 0 saturated carbocycles. The summed E-state index contributed by atoms with van der Waals surface area (Å²) in [6, 6.07) is 5.26. The zero-order valence-electron chi connectivity index (χ0n) is 12.4. The Labute approximate surface area is 132 Å². The summed E-state index contributed by atoms with van der Waals surface area (Å²) in [7, 11) is 2.91. The van der Waals surface area contributed by atoms with Crippen LogP contribution in [0.25, 0.3) is 0 Å². The molecular weight excluding hydrogens is 304 g/mol. The molecule has 0 aliphatic carbocycles. The van der Waals surface area contributed by atoms with Gasteiger partial charge in [-0.2, -0.15) is 0 Å². The van der Waals surface area contributed by atoms with Gasteiger partial charge in [-0.1, -0.05) is 23.9 Å². The number of rotatable bonds is 7. The molecule has 1 aromatic carbocycles. The molecule has 116 valence electrons. The second-order valence-electron chi connectivity index (χ2n) is 4.20. The zero-order chi connectivity index (χ0) is 15.9. The molecule has 0 saturated heterocycles. The predicted molar refractivity (Wildman–Crippen MR) is 81.9 cm³/mol. The Bertz CT molecular complexity index is 672. The summed E-state index contributed by atoms with van der Waals surface area (Å²) >= 11 is 1.41. The zero-order valence-corrected chi connectivity index (χ0v) is 13.2. The highest BCUT2D eigenvalue weighted by molar-refractivity contribution is 7.98. The van der Waals surface area contributed by atoms with Gasteiger partial charge in [-0.05, 0) is 22.6 Å². The van der Waals surface area contributed by atoms with Gasteiger partial charge in [0.1, 0.15) is 5.75 Å². The van der Waals surface area contributed by atoms with E-state index in [1.54, 1.807) is 36.1 Å². The maximum Gasteiger partial charge on any atom is 0.338 e. The molecule has 1 heterocycles. The van der Waals surface area contributed by atoms with Crippen molar-refractivity contribution in [2.24, 2.45) is 0 Å². The molecule has 0 bridgehead atoms. The van der Waals surface area contributed by atoms with Crippen molar-refractivity contribution >= 4 is 17.7 Å². The van der Waals surface area contributed by atoms with Crippen LogP contribution in [0.3, 0.4) is 0 Å². The van der Waals surface area contributed by atoms with Gasteiger partial charge in [0.25, 0.3) is 0 Å². The molecule has 2 aromatic rings. The van der Waals surface area contributed by atoms with E-state index in [1.807, 2.05) is 0 Å². The third-order valence-electron chi connectivity index (χ3n) is 2.90. The fraction of sp³-hybridized carbons (Fsp3) is 0.286. The Balaban J connectivity index is 2.26. The number of aromatic nitrogens is 4. The van der Waals surface area contributed by atoms with Crippen molar-refractivity contribution in [1.29, 1.82) is 0 Å². The smallest absolute Gasteiger partial charge is 0.338 e. The predicted octanol–water partition coefficient (Wildman–Crippen LogP) is 1.95. The number of ether oxygens (including phenoxy) is 2. The van der Waals surface area contributed by atoms with E-state index in [2.05, 4.69) is 22.1 Å². The first kappa shape index (κ1) is 16.0. The standard InChI is InChI=1S/C14H16N4O3S/c1-4-8-18-14(15-16-17-18)22-9-11-10(13(19)21-3)6-5-7-12(11)20-2/h4-7H,1,8-9H2,2-3H3. The average molecular weight is 320 g/mol. The largest absolute Gasteiger partial charge is 0.496 e. The number of carbonyl (C=O) groups excluding carboxylic acids is 1. The van der Waals surface area contributed by atoms with Crippen molar-refractivity contribution < 1.29 is 14.3 Å². The first-order chi connectivity index (χ1) is 10.7. The number of carbonyl (C=O) groups is 1. The second-order valence-corrected chi connectivity index (χ2v) is 5.14. The van der Waals surface area contributed by atoms with Crippen LogP contribution in [-0.4, -0.2) is 40.4 Å². The molecule has 0 amide bonds. The van der Waals surface area contributed by atoms with Crippen LogP contribution in [0.4, 0.5) is 0 Å². The molecule has 0 aliphatic rings. The van der Waals surface area contributed by atoms with Crippen molar-refractivity contribution in [3.8, 4) is 5.75 Å². The van der Waals surface area contributed by atoms with Gasteiger partial charge in [0.2, 0.25) is 5.16 Å². The summed E-state index contributed by atoms with van der Waals surface area (Å²) < 4.78 is 11.8. The van der Waals surface area contributed by atoms with E-state index in [0.29, 0.717) is 28.8 Å². The van der Waals surface area contributed by atoms with Crippen LogP contribution in [-0.2, 0) is 17.0 Å². The van der Waals surface area contributed by atoms with E-state index < -0.39 is 5.97 Å². The average Bonchev–Trinajstić information content (AvgIpc) is 2.99. The second kappa shape index (κ2) is 7.60. The number of tetrazole rings is 1.